The highest BCUT2D eigenvalue weighted by atomic mass is 16.4. The number of carboxylic acid groups (broad SMARTS) is 1. The number of aliphatic hydroxyl groups excluding tert-OH is 1. The lowest BCUT2D eigenvalue weighted by atomic mass is 9.91. The van der Waals surface area contributed by atoms with Gasteiger partial charge in [0, 0.05) is 0 Å². The summed E-state index contributed by atoms with van der Waals surface area (Å²) in [5.41, 5.74) is 2.60. The van der Waals surface area contributed by atoms with Gasteiger partial charge in [-0.05, 0) is 39.2 Å². The first-order valence-electron chi connectivity index (χ1n) is 7.07. The number of carbonyl (C=O) groups excluding carboxylic acids is 1. The Hall–Kier alpha value is -1.88. The minimum absolute atomic E-state index is 0.208. The van der Waals surface area contributed by atoms with Crippen molar-refractivity contribution in [3.8, 4) is 0 Å². The summed E-state index contributed by atoms with van der Waals surface area (Å²) in [7, 11) is 0. The molecule has 1 fully saturated rings. The van der Waals surface area contributed by atoms with Crippen molar-refractivity contribution in [2.24, 2.45) is 0 Å². The Morgan fingerprint density at radius 3 is 2.14 bits per heavy atom. The molecular weight excluding hydrogens is 270 g/mol. The number of nitrogens with one attached hydrogen (secondary N) is 1. The Labute approximate surface area is 124 Å². The summed E-state index contributed by atoms with van der Waals surface area (Å²) in [6.45, 7) is 5.47. The Morgan fingerprint density at radius 1 is 1.19 bits per heavy atom. The number of aryl methyl sites for hydroxylation is 2. The van der Waals surface area contributed by atoms with Crippen LogP contribution >= 0.6 is 0 Å². The van der Waals surface area contributed by atoms with Crippen molar-refractivity contribution in [3.05, 3.63) is 34.9 Å². The molecule has 2 rings (SSSR count). The van der Waals surface area contributed by atoms with Gasteiger partial charge in [0.15, 0.2) is 6.10 Å². The van der Waals surface area contributed by atoms with E-state index in [4.69, 9.17) is 5.11 Å². The molecule has 1 aromatic rings. The van der Waals surface area contributed by atoms with E-state index in [0.717, 1.165) is 29.5 Å². The molecular formula is C16H21NO4. The van der Waals surface area contributed by atoms with Gasteiger partial charge < -0.3 is 15.5 Å². The van der Waals surface area contributed by atoms with Crippen molar-refractivity contribution in [1.29, 1.82) is 0 Å². The lowest BCUT2D eigenvalue weighted by molar-refractivity contribution is -0.148. The summed E-state index contributed by atoms with van der Waals surface area (Å²) in [5, 5.41) is 20.9. The number of hydrogen-bond donors (Lipinski definition) is 3. The maximum Gasteiger partial charge on any atom is 0.334 e. The van der Waals surface area contributed by atoms with E-state index in [2.05, 4.69) is 5.32 Å². The van der Waals surface area contributed by atoms with Gasteiger partial charge in [-0.3, -0.25) is 4.79 Å². The summed E-state index contributed by atoms with van der Waals surface area (Å²) >= 11 is 0. The monoisotopic (exact) mass is 291 g/mol. The van der Waals surface area contributed by atoms with Gasteiger partial charge >= 0.3 is 5.97 Å². The molecule has 0 spiro atoms. The van der Waals surface area contributed by atoms with E-state index in [9.17, 15) is 14.7 Å². The van der Waals surface area contributed by atoms with Gasteiger partial charge in [0.1, 0.15) is 0 Å². The number of aliphatic hydroxyl groups is 1. The Morgan fingerprint density at radius 2 is 1.71 bits per heavy atom. The minimum atomic E-state index is -1.59. The lowest BCUT2D eigenvalue weighted by Crippen LogP contribution is -2.48. The largest absolute Gasteiger partial charge is 0.479 e. The average molecular weight is 291 g/mol. The Balaban J connectivity index is 2.17. The van der Waals surface area contributed by atoms with Crippen molar-refractivity contribution < 1.29 is 19.8 Å². The maximum atomic E-state index is 12.5. The minimum Gasteiger partial charge on any atom is -0.479 e. The normalized spacial score (nSPS) is 18.7. The Bertz CT molecular complexity index is 557. The standard InChI is InChI=1S/C16H21NO4/c1-9-6-10(2)8-12(7-9)16(4-5-16)15(21)17-11(3)13(18)14(19)20/h6-8,11,13,18H,4-5H2,1-3H3,(H,17,21)(H,19,20). The zero-order chi connectivity index (χ0) is 15.8. The molecule has 0 heterocycles. The summed E-state index contributed by atoms with van der Waals surface area (Å²) in [6.07, 6.45) is -0.0983. The Kier molecular flexibility index (Phi) is 4.05. The van der Waals surface area contributed by atoms with E-state index < -0.39 is 23.5 Å². The number of hydrogen-bond acceptors (Lipinski definition) is 3. The van der Waals surface area contributed by atoms with Gasteiger partial charge in [-0.15, -0.1) is 0 Å². The molecule has 1 saturated carbocycles. The van der Waals surface area contributed by atoms with Crippen molar-refractivity contribution in [1.82, 2.24) is 5.32 Å². The molecule has 1 aliphatic carbocycles. The second-order valence-electron chi connectivity index (χ2n) is 6.00. The lowest BCUT2D eigenvalue weighted by Gasteiger charge is -2.22. The molecule has 5 nitrogen and oxygen atoms in total. The molecule has 2 unspecified atom stereocenters. The van der Waals surface area contributed by atoms with E-state index in [0.29, 0.717) is 0 Å². The van der Waals surface area contributed by atoms with Crippen LogP contribution in [0.25, 0.3) is 0 Å². The summed E-state index contributed by atoms with van der Waals surface area (Å²) in [4.78, 5) is 23.2. The van der Waals surface area contributed by atoms with Crippen molar-refractivity contribution >= 4 is 11.9 Å². The number of rotatable bonds is 5. The van der Waals surface area contributed by atoms with Crippen molar-refractivity contribution in [2.45, 2.75) is 51.2 Å². The van der Waals surface area contributed by atoms with E-state index in [1.54, 1.807) is 0 Å². The predicted molar refractivity (Wildman–Crippen MR) is 78.1 cm³/mol. The van der Waals surface area contributed by atoms with Gasteiger partial charge in [0.25, 0.3) is 0 Å². The molecule has 1 amide bonds. The van der Waals surface area contributed by atoms with Crippen LogP contribution in [0.1, 0.15) is 36.5 Å². The molecule has 0 saturated heterocycles. The number of carboxylic acids is 1. The fraction of sp³-hybridized carbons (Fsp3) is 0.500. The molecule has 2 atom stereocenters. The third kappa shape index (κ3) is 3.08. The molecule has 0 bridgehead atoms. The van der Waals surface area contributed by atoms with Crippen LogP contribution in [-0.2, 0) is 15.0 Å². The molecule has 0 aromatic heterocycles. The molecule has 1 aromatic carbocycles. The number of aliphatic carboxylic acids is 1. The van der Waals surface area contributed by atoms with Crippen molar-refractivity contribution in [2.75, 3.05) is 0 Å². The summed E-state index contributed by atoms with van der Waals surface area (Å²) in [5.74, 6) is -1.54. The van der Waals surface area contributed by atoms with Gasteiger partial charge in [0.2, 0.25) is 5.91 Å². The van der Waals surface area contributed by atoms with Crippen LogP contribution < -0.4 is 5.32 Å². The zero-order valence-corrected chi connectivity index (χ0v) is 12.5. The van der Waals surface area contributed by atoms with Crippen LogP contribution in [0, 0.1) is 13.8 Å². The first-order chi connectivity index (χ1) is 9.76. The summed E-state index contributed by atoms with van der Waals surface area (Å²) in [6, 6.07) is 5.22. The molecule has 114 valence electrons. The first-order valence-corrected chi connectivity index (χ1v) is 7.07. The second kappa shape index (κ2) is 5.48. The third-order valence-electron chi connectivity index (χ3n) is 4.04. The third-order valence-corrected chi connectivity index (χ3v) is 4.04. The quantitative estimate of drug-likeness (QED) is 0.763. The van der Waals surface area contributed by atoms with Gasteiger partial charge in [0.05, 0.1) is 11.5 Å². The zero-order valence-electron chi connectivity index (χ0n) is 12.5. The SMILES string of the molecule is Cc1cc(C)cc(C2(C(=O)NC(C)C(O)C(=O)O)CC2)c1. The second-order valence-corrected chi connectivity index (χ2v) is 6.00. The van der Waals surface area contributed by atoms with E-state index in [1.165, 1.54) is 6.92 Å². The fourth-order valence-corrected chi connectivity index (χ4v) is 2.66. The highest BCUT2D eigenvalue weighted by Crippen LogP contribution is 2.48. The van der Waals surface area contributed by atoms with Crippen molar-refractivity contribution in [3.63, 3.8) is 0 Å². The van der Waals surface area contributed by atoms with Gasteiger partial charge in [-0.2, -0.15) is 0 Å². The highest BCUT2D eigenvalue weighted by Gasteiger charge is 2.51. The molecule has 3 N–H and O–H groups in total. The molecule has 0 aliphatic heterocycles. The molecule has 1 aliphatic rings. The van der Waals surface area contributed by atoms with E-state index in [1.807, 2.05) is 32.0 Å². The fourth-order valence-electron chi connectivity index (χ4n) is 2.66. The molecule has 0 radical (unpaired) electrons. The topological polar surface area (TPSA) is 86.6 Å². The van der Waals surface area contributed by atoms with Crippen LogP contribution in [0.15, 0.2) is 18.2 Å². The average Bonchev–Trinajstić information content (AvgIpc) is 3.17. The summed E-state index contributed by atoms with van der Waals surface area (Å²) < 4.78 is 0. The van der Waals surface area contributed by atoms with Crippen LogP contribution in [-0.4, -0.2) is 34.2 Å². The number of benzene rings is 1. The first kappa shape index (κ1) is 15.5. The van der Waals surface area contributed by atoms with Crippen LogP contribution in [0.3, 0.4) is 0 Å². The predicted octanol–water partition coefficient (Wildman–Crippen LogP) is 1.29. The number of carbonyl (C=O) groups is 2. The van der Waals surface area contributed by atoms with Crippen LogP contribution in [0.5, 0.6) is 0 Å². The van der Waals surface area contributed by atoms with Gasteiger partial charge in [-0.25, -0.2) is 4.79 Å². The van der Waals surface area contributed by atoms with E-state index >= 15 is 0 Å². The highest BCUT2D eigenvalue weighted by molar-refractivity contribution is 5.92. The van der Waals surface area contributed by atoms with Crippen LogP contribution in [0.4, 0.5) is 0 Å². The van der Waals surface area contributed by atoms with Crippen LogP contribution in [0.2, 0.25) is 0 Å². The molecule has 5 heteroatoms. The maximum absolute atomic E-state index is 12.5. The number of amides is 1. The smallest absolute Gasteiger partial charge is 0.334 e. The molecule has 21 heavy (non-hydrogen) atoms. The van der Waals surface area contributed by atoms with E-state index in [-0.39, 0.29) is 5.91 Å². The van der Waals surface area contributed by atoms with Gasteiger partial charge in [-0.1, -0.05) is 29.3 Å².